The third-order valence-electron chi connectivity index (χ3n) is 14.9. The molecule has 0 aromatic heterocycles. The lowest BCUT2D eigenvalue weighted by atomic mass is 10.0. The summed E-state index contributed by atoms with van der Waals surface area (Å²) in [5.41, 5.74) is 0. The molecule has 3 atom stereocenters. The van der Waals surface area contributed by atoms with E-state index in [1.807, 2.05) is 27.2 Å². The molecule has 8 nitrogen and oxygen atoms in total. The highest BCUT2D eigenvalue weighted by Crippen LogP contribution is 2.38. The topological polar surface area (TPSA) is 108 Å². The number of hydrogen-bond acceptors (Lipinski definition) is 6. The van der Waals surface area contributed by atoms with Crippen LogP contribution in [0.15, 0.2) is 24.3 Å². The summed E-state index contributed by atoms with van der Waals surface area (Å²) in [6.07, 6.45) is 71.4. The molecule has 0 aromatic rings. The van der Waals surface area contributed by atoms with Crippen molar-refractivity contribution in [2.24, 2.45) is 0 Å². The first-order chi connectivity index (χ1) is 35.5. The number of nitrogens with zero attached hydrogens (tertiary/aromatic N) is 1. The first kappa shape index (κ1) is 72.0. The predicted octanol–water partition coefficient (Wildman–Crippen LogP) is 19.3. The first-order valence-corrected chi connectivity index (χ1v) is 33.7. The minimum absolute atomic E-state index is 0.00354. The van der Waals surface area contributed by atoms with Gasteiger partial charge in [0.2, 0.25) is 5.91 Å². The van der Waals surface area contributed by atoms with Crippen LogP contribution in [0.25, 0.3) is 0 Å². The van der Waals surface area contributed by atoms with Crippen molar-refractivity contribution >= 4 is 13.7 Å². The third-order valence-corrected chi connectivity index (χ3v) is 15.9. The quantitative estimate of drug-likeness (QED) is 0.0272. The van der Waals surface area contributed by atoms with E-state index in [0.29, 0.717) is 17.4 Å². The zero-order valence-electron chi connectivity index (χ0n) is 49.6. The van der Waals surface area contributed by atoms with Gasteiger partial charge in [-0.15, -0.1) is 0 Å². The van der Waals surface area contributed by atoms with Crippen molar-refractivity contribution in [3.05, 3.63) is 24.3 Å². The lowest BCUT2D eigenvalue weighted by Crippen LogP contribution is -2.45. The van der Waals surface area contributed by atoms with E-state index in [0.717, 1.165) is 38.5 Å². The van der Waals surface area contributed by atoms with Gasteiger partial charge < -0.3 is 28.8 Å². The Morgan fingerprint density at radius 2 is 0.767 bits per heavy atom. The Morgan fingerprint density at radius 1 is 0.466 bits per heavy atom. The monoisotopic (exact) mass is 1050 g/mol. The van der Waals surface area contributed by atoms with Gasteiger partial charge in [-0.25, -0.2) is 0 Å². The van der Waals surface area contributed by atoms with Crippen molar-refractivity contribution in [2.75, 3.05) is 40.9 Å². The largest absolute Gasteiger partial charge is 0.756 e. The number of carbonyl (C=O) groups excluding carboxylic acids is 1. The van der Waals surface area contributed by atoms with E-state index < -0.39 is 20.0 Å². The third kappa shape index (κ3) is 58.5. The SMILES string of the molecule is CCCCCCCCCCCCCCCCCCCCCCCCC/C=C/CC/C=C/C(O)C(COP(=O)([O-])OCC[N+](C)(C)C)NC(=O)CCCCCCCCCCCCCCCCCCCCCCCC. The first-order valence-electron chi connectivity index (χ1n) is 32.2. The maximum Gasteiger partial charge on any atom is 0.268 e. The number of phosphoric ester groups is 1. The summed E-state index contributed by atoms with van der Waals surface area (Å²) < 4.78 is 23.4. The Morgan fingerprint density at radius 3 is 1.11 bits per heavy atom. The fraction of sp³-hybridized carbons (Fsp3) is 0.922. The van der Waals surface area contributed by atoms with Crippen LogP contribution in [0.5, 0.6) is 0 Å². The number of aliphatic hydroxyl groups is 1. The molecule has 0 aliphatic carbocycles. The summed E-state index contributed by atoms with van der Waals surface area (Å²) in [5, 5.41) is 13.9. The molecule has 0 saturated carbocycles. The standard InChI is InChI=1S/C64H127N2O6P/c1-6-8-10-12-14-16-18-20-22-24-26-28-30-31-32-33-34-35-36-37-39-41-43-45-47-49-51-53-55-57-63(67)62(61-72-73(69,70)71-60-59-66(3,4)5)65-64(68)58-56-54-52-50-48-46-44-42-40-38-29-27-25-23-21-19-17-15-13-11-9-7-2/h47,49,55,57,62-63,67H,6-46,48,50-54,56,58-61H2,1-5H3,(H-,65,68,69,70)/b49-47+,57-55+. The van der Waals surface area contributed by atoms with E-state index in [1.54, 1.807) is 6.08 Å². The van der Waals surface area contributed by atoms with Crippen LogP contribution in [0, 0.1) is 0 Å². The number of nitrogens with one attached hydrogen (secondary N) is 1. The molecule has 0 radical (unpaired) electrons. The Bertz CT molecular complexity index is 1240. The van der Waals surface area contributed by atoms with Gasteiger partial charge in [0.05, 0.1) is 39.9 Å². The normalized spacial score (nSPS) is 13.9. The van der Waals surface area contributed by atoms with E-state index in [-0.39, 0.29) is 19.1 Å². The number of phosphoric acid groups is 1. The van der Waals surface area contributed by atoms with Gasteiger partial charge in [-0.1, -0.05) is 314 Å². The summed E-state index contributed by atoms with van der Waals surface area (Å²) in [7, 11) is 1.26. The lowest BCUT2D eigenvalue weighted by Gasteiger charge is -2.29. The van der Waals surface area contributed by atoms with Crippen LogP contribution >= 0.6 is 7.82 Å². The Kier molecular flexibility index (Phi) is 54.9. The molecular formula is C64H127N2O6P. The molecule has 0 heterocycles. The maximum atomic E-state index is 13.0. The van der Waals surface area contributed by atoms with Crippen molar-refractivity contribution in [1.29, 1.82) is 0 Å². The Balaban J connectivity index is 4.13. The second kappa shape index (κ2) is 55.7. The molecule has 0 bridgehead atoms. The predicted molar refractivity (Wildman–Crippen MR) is 316 cm³/mol. The minimum Gasteiger partial charge on any atom is -0.756 e. The molecule has 434 valence electrons. The van der Waals surface area contributed by atoms with Gasteiger partial charge in [0.25, 0.3) is 7.82 Å². The van der Waals surface area contributed by atoms with Gasteiger partial charge >= 0.3 is 0 Å². The second-order valence-electron chi connectivity index (χ2n) is 23.5. The summed E-state index contributed by atoms with van der Waals surface area (Å²) >= 11 is 0. The van der Waals surface area contributed by atoms with Crippen molar-refractivity contribution in [2.45, 2.75) is 341 Å². The fourth-order valence-corrected chi connectivity index (χ4v) is 10.6. The molecule has 3 unspecified atom stereocenters. The number of aliphatic hydroxyl groups excluding tert-OH is 1. The van der Waals surface area contributed by atoms with Gasteiger partial charge in [-0.05, 0) is 32.1 Å². The molecule has 0 rings (SSSR count). The second-order valence-corrected chi connectivity index (χ2v) is 24.9. The molecule has 0 aliphatic heterocycles. The number of allylic oxidation sites excluding steroid dienone is 3. The highest BCUT2D eigenvalue weighted by atomic mass is 31.2. The zero-order valence-corrected chi connectivity index (χ0v) is 50.5. The minimum atomic E-state index is -4.61. The number of quaternary nitrogens is 1. The molecule has 0 saturated heterocycles. The lowest BCUT2D eigenvalue weighted by molar-refractivity contribution is -0.870. The van der Waals surface area contributed by atoms with E-state index in [4.69, 9.17) is 9.05 Å². The molecule has 73 heavy (non-hydrogen) atoms. The number of likely N-dealkylation sites (N-methyl/N-ethyl adjacent to an activating group) is 1. The summed E-state index contributed by atoms with van der Waals surface area (Å²) in [6, 6.07) is -0.901. The number of hydrogen-bond donors (Lipinski definition) is 2. The highest BCUT2D eigenvalue weighted by molar-refractivity contribution is 7.45. The van der Waals surface area contributed by atoms with Crippen LogP contribution in [-0.4, -0.2) is 68.5 Å². The van der Waals surface area contributed by atoms with Gasteiger partial charge in [0.1, 0.15) is 13.2 Å². The molecule has 0 aliphatic rings. The number of amides is 1. The van der Waals surface area contributed by atoms with Crippen molar-refractivity contribution in [3.8, 4) is 0 Å². The van der Waals surface area contributed by atoms with E-state index in [9.17, 15) is 19.4 Å². The molecule has 1 amide bonds. The van der Waals surface area contributed by atoms with E-state index >= 15 is 0 Å². The van der Waals surface area contributed by atoms with Gasteiger partial charge in [-0.3, -0.25) is 9.36 Å². The highest BCUT2D eigenvalue weighted by Gasteiger charge is 2.23. The summed E-state index contributed by atoms with van der Waals surface area (Å²) in [6.45, 7) is 4.69. The molecule has 2 N–H and O–H groups in total. The van der Waals surface area contributed by atoms with Crippen molar-refractivity contribution in [3.63, 3.8) is 0 Å². The van der Waals surface area contributed by atoms with Crippen LogP contribution in [0.1, 0.15) is 328 Å². The molecule has 0 fully saturated rings. The molecule has 9 heteroatoms. The van der Waals surface area contributed by atoms with Gasteiger partial charge in [-0.2, -0.15) is 0 Å². The fourth-order valence-electron chi connectivity index (χ4n) is 9.88. The van der Waals surface area contributed by atoms with Gasteiger partial charge in [0, 0.05) is 6.42 Å². The van der Waals surface area contributed by atoms with E-state index in [1.165, 1.54) is 270 Å². The average Bonchev–Trinajstić information content (AvgIpc) is 3.35. The average molecular weight is 1050 g/mol. The van der Waals surface area contributed by atoms with Crippen LogP contribution in [0.4, 0.5) is 0 Å². The Labute approximate surface area is 455 Å². The van der Waals surface area contributed by atoms with Gasteiger partial charge in [0.15, 0.2) is 0 Å². The number of unbranched alkanes of at least 4 members (excludes halogenated alkanes) is 45. The molecule has 0 aromatic carbocycles. The molecule has 0 spiro atoms. The van der Waals surface area contributed by atoms with Crippen LogP contribution in [-0.2, 0) is 18.4 Å². The zero-order chi connectivity index (χ0) is 53.5. The smallest absolute Gasteiger partial charge is 0.268 e. The summed E-state index contributed by atoms with van der Waals surface area (Å²) in [5.74, 6) is -0.200. The maximum absolute atomic E-state index is 13.0. The number of carbonyl (C=O) groups is 1. The van der Waals surface area contributed by atoms with Crippen LogP contribution in [0.2, 0.25) is 0 Å². The Hall–Kier alpha value is -1.02. The number of rotatable bonds is 60. The van der Waals surface area contributed by atoms with Crippen LogP contribution < -0.4 is 10.2 Å². The van der Waals surface area contributed by atoms with Crippen LogP contribution in [0.3, 0.4) is 0 Å². The molecular weight excluding hydrogens is 924 g/mol. The summed E-state index contributed by atoms with van der Waals surface area (Å²) in [4.78, 5) is 25.5. The van der Waals surface area contributed by atoms with Crippen molar-refractivity contribution in [1.82, 2.24) is 5.32 Å². The van der Waals surface area contributed by atoms with E-state index in [2.05, 4.69) is 31.3 Å². The van der Waals surface area contributed by atoms with Crippen molar-refractivity contribution < 1.29 is 32.9 Å².